The molecule has 4 rings (SSSR count). The molecule has 3 nitrogen and oxygen atoms in total. The Morgan fingerprint density at radius 3 is 2.69 bits per heavy atom. The topological polar surface area (TPSA) is 34.1 Å². The van der Waals surface area contributed by atoms with Gasteiger partial charge in [0.1, 0.15) is 5.75 Å². The van der Waals surface area contributed by atoms with Crippen LogP contribution in [-0.2, 0) is 13.0 Å². The van der Waals surface area contributed by atoms with Crippen LogP contribution in [-0.4, -0.2) is 18.1 Å². The van der Waals surface area contributed by atoms with Crippen LogP contribution in [0.4, 0.5) is 0 Å². The lowest BCUT2D eigenvalue weighted by Gasteiger charge is -2.12. The predicted molar refractivity (Wildman–Crippen MR) is 126 cm³/mol. The molecule has 0 aliphatic rings. The van der Waals surface area contributed by atoms with E-state index in [-0.39, 0.29) is 0 Å². The minimum Gasteiger partial charge on any atom is -0.494 e. The summed E-state index contributed by atoms with van der Waals surface area (Å²) in [6.45, 7) is 4.37. The predicted octanol–water partition coefficient (Wildman–Crippen LogP) is 6.46. The maximum Gasteiger partial charge on any atom is 0.121 e. The Hall–Kier alpha value is -2.21. The summed E-state index contributed by atoms with van der Waals surface area (Å²) >= 11 is 5.19. The highest BCUT2D eigenvalue weighted by Gasteiger charge is 2.11. The number of pyridine rings is 1. The quantitative estimate of drug-likeness (QED) is 0.302. The monoisotopic (exact) mass is 466 g/mol. The second kappa shape index (κ2) is 9.53. The Kier molecular flexibility index (Phi) is 6.60. The highest BCUT2D eigenvalue weighted by molar-refractivity contribution is 9.10. The molecule has 0 radical (unpaired) electrons. The van der Waals surface area contributed by atoms with Crippen molar-refractivity contribution in [2.45, 2.75) is 19.9 Å². The SMILES string of the molecule is CCOc1ccc2cc(CNCCc3ccc(Br)cc3)c(-c3ccsc3)nc2c1. The average molecular weight is 467 g/mol. The van der Waals surface area contributed by atoms with Gasteiger partial charge in [0.15, 0.2) is 0 Å². The number of ether oxygens (including phenoxy) is 1. The Morgan fingerprint density at radius 1 is 1.07 bits per heavy atom. The Balaban J connectivity index is 1.54. The summed E-state index contributed by atoms with van der Waals surface area (Å²) in [4.78, 5) is 4.99. The van der Waals surface area contributed by atoms with Crippen LogP contribution in [0.5, 0.6) is 5.75 Å². The Morgan fingerprint density at radius 2 is 1.93 bits per heavy atom. The van der Waals surface area contributed by atoms with Gasteiger partial charge in [-0.05, 0) is 72.8 Å². The number of rotatable bonds is 8. The first-order valence-electron chi connectivity index (χ1n) is 9.77. The maximum atomic E-state index is 5.65. The van der Waals surface area contributed by atoms with Crippen LogP contribution in [0.2, 0.25) is 0 Å². The highest BCUT2D eigenvalue weighted by Crippen LogP contribution is 2.29. The number of nitrogens with zero attached hydrogens (tertiary/aromatic N) is 1. The lowest BCUT2D eigenvalue weighted by molar-refractivity contribution is 0.340. The van der Waals surface area contributed by atoms with Gasteiger partial charge in [-0.15, -0.1) is 0 Å². The molecule has 0 aliphatic carbocycles. The third kappa shape index (κ3) is 5.04. The molecule has 1 N–H and O–H groups in total. The van der Waals surface area contributed by atoms with Crippen molar-refractivity contribution in [1.82, 2.24) is 10.3 Å². The molecule has 148 valence electrons. The van der Waals surface area contributed by atoms with Gasteiger partial charge in [-0.3, -0.25) is 0 Å². The number of fused-ring (bicyclic) bond motifs is 1. The van der Waals surface area contributed by atoms with Crippen molar-refractivity contribution in [2.75, 3.05) is 13.2 Å². The lowest BCUT2D eigenvalue weighted by atomic mass is 10.0. The van der Waals surface area contributed by atoms with Gasteiger partial charge in [0, 0.05) is 33.4 Å². The first-order chi connectivity index (χ1) is 14.2. The number of hydrogen-bond acceptors (Lipinski definition) is 4. The molecule has 2 heterocycles. The van der Waals surface area contributed by atoms with Gasteiger partial charge in [0.05, 0.1) is 17.8 Å². The van der Waals surface area contributed by atoms with E-state index in [0.29, 0.717) is 6.61 Å². The molecule has 29 heavy (non-hydrogen) atoms. The van der Waals surface area contributed by atoms with Crippen LogP contribution < -0.4 is 10.1 Å². The van der Waals surface area contributed by atoms with Crippen LogP contribution in [0, 0.1) is 0 Å². The third-order valence-corrected chi connectivity index (χ3v) is 6.00. The molecule has 2 aromatic carbocycles. The Labute approximate surface area is 183 Å². The summed E-state index contributed by atoms with van der Waals surface area (Å²) in [6, 6.07) is 19.0. The summed E-state index contributed by atoms with van der Waals surface area (Å²) in [7, 11) is 0. The van der Waals surface area contributed by atoms with Gasteiger partial charge in [-0.1, -0.05) is 28.1 Å². The molecule has 0 bridgehead atoms. The van der Waals surface area contributed by atoms with Crippen molar-refractivity contribution in [3.8, 4) is 17.0 Å². The van der Waals surface area contributed by atoms with Crippen LogP contribution in [0.25, 0.3) is 22.2 Å². The standard InChI is InChI=1S/C24H23BrN2OS/c1-2-28-22-8-5-18-13-20(15-26-11-9-17-3-6-21(25)7-4-17)24(27-23(18)14-22)19-10-12-29-16-19/h3-8,10,12-14,16,26H,2,9,11,15H2,1H3. The van der Waals surface area contributed by atoms with E-state index in [9.17, 15) is 0 Å². The van der Waals surface area contributed by atoms with Crippen molar-refractivity contribution in [2.24, 2.45) is 0 Å². The number of hydrogen-bond donors (Lipinski definition) is 1. The van der Waals surface area contributed by atoms with Crippen LogP contribution in [0.3, 0.4) is 0 Å². The van der Waals surface area contributed by atoms with Crippen molar-refractivity contribution in [1.29, 1.82) is 0 Å². The second-order valence-electron chi connectivity index (χ2n) is 6.85. The molecular formula is C24H23BrN2OS. The number of halogens is 1. The van der Waals surface area contributed by atoms with E-state index in [0.717, 1.165) is 46.3 Å². The third-order valence-electron chi connectivity index (χ3n) is 4.79. The molecule has 5 heteroatoms. The number of benzene rings is 2. The molecule has 0 spiro atoms. The Bertz CT molecular complexity index is 1080. The summed E-state index contributed by atoms with van der Waals surface area (Å²) in [5, 5.41) is 8.99. The van der Waals surface area contributed by atoms with Crippen molar-refractivity contribution < 1.29 is 4.74 Å². The zero-order valence-corrected chi connectivity index (χ0v) is 18.7. The highest BCUT2D eigenvalue weighted by atomic mass is 79.9. The maximum absolute atomic E-state index is 5.65. The number of thiophene rings is 1. The molecule has 0 atom stereocenters. The first-order valence-corrected chi connectivity index (χ1v) is 11.5. The normalized spacial score (nSPS) is 11.1. The molecule has 0 unspecified atom stereocenters. The summed E-state index contributed by atoms with van der Waals surface area (Å²) < 4.78 is 6.77. The molecule has 0 saturated carbocycles. The van der Waals surface area contributed by atoms with Gasteiger partial charge < -0.3 is 10.1 Å². The van der Waals surface area contributed by atoms with E-state index < -0.39 is 0 Å². The molecule has 2 aromatic heterocycles. The van der Waals surface area contributed by atoms with Crippen molar-refractivity contribution in [3.05, 3.63) is 81.0 Å². The minimum absolute atomic E-state index is 0.656. The molecule has 0 aliphatic heterocycles. The fourth-order valence-corrected chi connectivity index (χ4v) is 4.24. The van der Waals surface area contributed by atoms with Gasteiger partial charge in [-0.25, -0.2) is 4.98 Å². The van der Waals surface area contributed by atoms with Crippen LogP contribution in [0.15, 0.2) is 69.8 Å². The van der Waals surface area contributed by atoms with E-state index in [1.54, 1.807) is 11.3 Å². The van der Waals surface area contributed by atoms with Crippen molar-refractivity contribution in [3.63, 3.8) is 0 Å². The van der Waals surface area contributed by atoms with Gasteiger partial charge in [0.25, 0.3) is 0 Å². The molecule has 0 saturated heterocycles. The summed E-state index contributed by atoms with van der Waals surface area (Å²) in [5.41, 5.74) is 5.73. The van der Waals surface area contributed by atoms with Crippen LogP contribution in [0.1, 0.15) is 18.1 Å². The van der Waals surface area contributed by atoms with E-state index in [1.807, 2.05) is 19.1 Å². The van der Waals surface area contributed by atoms with Gasteiger partial charge in [-0.2, -0.15) is 11.3 Å². The number of aromatic nitrogens is 1. The van der Waals surface area contributed by atoms with Gasteiger partial charge >= 0.3 is 0 Å². The fraction of sp³-hybridized carbons (Fsp3) is 0.208. The largest absolute Gasteiger partial charge is 0.494 e. The summed E-state index contributed by atoms with van der Waals surface area (Å²) in [5.74, 6) is 0.865. The smallest absolute Gasteiger partial charge is 0.121 e. The lowest BCUT2D eigenvalue weighted by Crippen LogP contribution is -2.17. The van der Waals surface area contributed by atoms with E-state index in [1.165, 1.54) is 16.7 Å². The molecule has 4 aromatic rings. The second-order valence-corrected chi connectivity index (χ2v) is 8.54. The van der Waals surface area contributed by atoms with Crippen molar-refractivity contribution >= 4 is 38.2 Å². The number of nitrogens with one attached hydrogen (secondary N) is 1. The summed E-state index contributed by atoms with van der Waals surface area (Å²) in [6.07, 6.45) is 1.000. The van der Waals surface area contributed by atoms with E-state index in [4.69, 9.17) is 9.72 Å². The van der Waals surface area contributed by atoms with E-state index >= 15 is 0 Å². The first kappa shape index (κ1) is 20.1. The zero-order chi connectivity index (χ0) is 20.1. The van der Waals surface area contributed by atoms with E-state index in [2.05, 4.69) is 74.5 Å². The molecule has 0 amide bonds. The van der Waals surface area contributed by atoms with Crippen LogP contribution >= 0.6 is 27.3 Å². The minimum atomic E-state index is 0.656. The average Bonchev–Trinajstić information content (AvgIpc) is 3.27. The van der Waals surface area contributed by atoms with Gasteiger partial charge in [0.2, 0.25) is 0 Å². The molecule has 0 fully saturated rings. The fourth-order valence-electron chi connectivity index (χ4n) is 3.34. The zero-order valence-electron chi connectivity index (χ0n) is 16.3. The molecular weight excluding hydrogens is 444 g/mol.